The van der Waals surface area contributed by atoms with Gasteiger partial charge in [0.25, 0.3) is 0 Å². The van der Waals surface area contributed by atoms with Gasteiger partial charge in [0.15, 0.2) is 0 Å². The highest BCUT2D eigenvalue weighted by Gasteiger charge is 2.14. The molecule has 0 saturated heterocycles. The van der Waals surface area contributed by atoms with Crippen LogP contribution in [0.4, 0.5) is 0 Å². The Bertz CT molecular complexity index is 398. The number of nitrogens with one attached hydrogen (secondary N) is 1. The van der Waals surface area contributed by atoms with Gasteiger partial charge in [0.2, 0.25) is 0 Å². The molecule has 1 heterocycles. The van der Waals surface area contributed by atoms with Gasteiger partial charge in [0.05, 0.1) is 13.7 Å². The van der Waals surface area contributed by atoms with Gasteiger partial charge in [-0.3, -0.25) is 0 Å². The molecule has 88 valence electrons. The molecular weight excluding hydrogens is 274 g/mol. The molecule has 0 radical (unpaired) electrons. The number of methoxy groups -OCH3 is 1. The zero-order chi connectivity index (χ0) is 12.1. The number of aryl methyl sites for hydroxylation is 1. The van der Waals surface area contributed by atoms with Crippen molar-refractivity contribution in [2.24, 2.45) is 0 Å². The van der Waals surface area contributed by atoms with Crippen LogP contribution in [0.2, 0.25) is 0 Å². The van der Waals surface area contributed by atoms with E-state index in [2.05, 4.69) is 32.6 Å². The maximum atomic E-state index is 11.3. The van der Waals surface area contributed by atoms with Crippen LogP contribution in [0, 0.1) is 6.92 Å². The van der Waals surface area contributed by atoms with E-state index >= 15 is 0 Å². The predicted molar refractivity (Wildman–Crippen MR) is 64.6 cm³/mol. The van der Waals surface area contributed by atoms with Crippen molar-refractivity contribution in [3.05, 3.63) is 34.2 Å². The molecule has 16 heavy (non-hydrogen) atoms. The van der Waals surface area contributed by atoms with Gasteiger partial charge in [-0.1, -0.05) is 22.5 Å². The maximum Gasteiger partial charge on any atom is 0.341 e. The van der Waals surface area contributed by atoms with Crippen LogP contribution < -0.4 is 5.32 Å². The summed E-state index contributed by atoms with van der Waals surface area (Å²) in [6, 6.07) is 1.69. The summed E-state index contributed by atoms with van der Waals surface area (Å²) < 4.78 is 10.9. The van der Waals surface area contributed by atoms with E-state index in [0.29, 0.717) is 30.2 Å². The first kappa shape index (κ1) is 13.0. The van der Waals surface area contributed by atoms with Gasteiger partial charge in [-0.15, -0.1) is 0 Å². The van der Waals surface area contributed by atoms with Gasteiger partial charge in [0, 0.05) is 11.0 Å². The fraction of sp³-hybridized carbons (Fsp3) is 0.364. The molecule has 0 aliphatic heterocycles. The number of ether oxygens (including phenoxy) is 1. The third-order valence-electron chi connectivity index (χ3n) is 1.99. The highest BCUT2D eigenvalue weighted by molar-refractivity contribution is 9.11. The van der Waals surface area contributed by atoms with Gasteiger partial charge in [-0.2, -0.15) is 0 Å². The zero-order valence-electron chi connectivity index (χ0n) is 9.30. The van der Waals surface area contributed by atoms with E-state index in [1.807, 2.05) is 0 Å². The largest absolute Gasteiger partial charge is 0.465 e. The average Bonchev–Trinajstić information content (AvgIpc) is 2.58. The molecule has 5 heteroatoms. The van der Waals surface area contributed by atoms with Gasteiger partial charge >= 0.3 is 5.97 Å². The van der Waals surface area contributed by atoms with Crippen molar-refractivity contribution in [1.29, 1.82) is 0 Å². The first-order valence-electron chi connectivity index (χ1n) is 4.76. The number of hydrogen-bond acceptors (Lipinski definition) is 4. The predicted octanol–water partition coefficient (Wildman–Crippen LogP) is 2.37. The summed E-state index contributed by atoms with van der Waals surface area (Å²) in [5, 5.41) is 3.11. The monoisotopic (exact) mass is 287 g/mol. The van der Waals surface area contributed by atoms with Crippen LogP contribution in [0.3, 0.4) is 0 Å². The van der Waals surface area contributed by atoms with Crippen LogP contribution in [-0.4, -0.2) is 19.6 Å². The van der Waals surface area contributed by atoms with Crippen molar-refractivity contribution in [2.75, 3.05) is 13.7 Å². The molecule has 0 bridgehead atoms. The lowest BCUT2D eigenvalue weighted by molar-refractivity contribution is 0.0599. The minimum Gasteiger partial charge on any atom is -0.465 e. The molecule has 1 N–H and O–H groups in total. The summed E-state index contributed by atoms with van der Waals surface area (Å²) in [7, 11) is 1.35. The number of hydrogen-bond donors (Lipinski definition) is 1. The third kappa shape index (κ3) is 3.50. The molecule has 1 aromatic heterocycles. The van der Waals surface area contributed by atoms with Crippen LogP contribution in [0.25, 0.3) is 0 Å². The summed E-state index contributed by atoms with van der Waals surface area (Å²) in [6.45, 7) is 6.63. The molecule has 0 aliphatic carbocycles. The summed E-state index contributed by atoms with van der Waals surface area (Å²) in [5.41, 5.74) is 0.469. The van der Waals surface area contributed by atoms with E-state index < -0.39 is 0 Å². The average molecular weight is 288 g/mol. The molecule has 0 saturated carbocycles. The second-order valence-electron chi connectivity index (χ2n) is 3.29. The molecule has 0 unspecified atom stereocenters. The fourth-order valence-corrected chi connectivity index (χ4v) is 1.46. The topological polar surface area (TPSA) is 51.5 Å². The standard InChI is InChI=1S/C11H14BrNO3/c1-7(12)5-13-6-9-4-10(8(2)16-9)11(14)15-3/h4,13H,1,5-6H2,2-3H3. The van der Waals surface area contributed by atoms with Crippen molar-refractivity contribution in [2.45, 2.75) is 13.5 Å². The van der Waals surface area contributed by atoms with Crippen molar-refractivity contribution >= 4 is 21.9 Å². The number of carbonyl (C=O) groups excluding carboxylic acids is 1. The summed E-state index contributed by atoms with van der Waals surface area (Å²) >= 11 is 3.24. The minimum atomic E-state index is -0.377. The second kappa shape index (κ2) is 5.86. The Kier molecular flexibility index (Phi) is 4.76. The van der Waals surface area contributed by atoms with E-state index in [1.165, 1.54) is 7.11 Å². The lowest BCUT2D eigenvalue weighted by atomic mass is 10.2. The summed E-state index contributed by atoms with van der Waals surface area (Å²) in [6.07, 6.45) is 0. The fourth-order valence-electron chi connectivity index (χ4n) is 1.26. The third-order valence-corrected chi connectivity index (χ3v) is 2.27. The molecular formula is C11H14BrNO3. The lowest BCUT2D eigenvalue weighted by Crippen LogP contribution is -2.13. The molecule has 0 aliphatic rings. The Morgan fingerprint density at radius 1 is 1.69 bits per heavy atom. The van der Waals surface area contributed by atoms with Crippen molar-refractivity contribution in [3.8, 4) is 0 Å². The first-order chi connectivity index (χ1) is 7.54. The maximum absolute atomic E-state index is 11.3. The molecule has 4 nitrogen and oxygen atoms in total. The number of rotatable bonds is 5. The molecule has 0 spiro atoms. The quantitative estimate of drug-likeness (QED) is 0.845. The Balaban J connectivity index is 2.62. The van der Waals surface area contributed by atoms with E-state index in [1.54, 1.807) is 13.0 Å². The highest BCUT2D eigenvalue weighted by Crippen LogP contribution is 2.15. The normalized spacial score (nSPS) is 10.2. The number of esters is 1. The molecule has 0 amide bonds. The lowest BCUT2D eigenvalue weighted by Gasteiger charge is -1.99. The van der Waals surface area contributed by atoms with E-state index in [-0.39, 0.29) is 5.97 Å². The first-order valence-corrected chi connectivity index (χ1v) is 5.55. The number of furan rings is 1. The van der Waals surface area contributed by atoms with Crippen molar-refractivity contribution in [3.63, 3.8) is 0 Å². The van der Waals surface area contributed by atoms with Crippen molar-refractivity contribution in [1.82, 2.24) is 5.32 Å². The van der Waals surface area contributed by atoms with E-state index in [9.17, 15) is 4.79 Å². The van der Waals surface area contributed by atoms with Crippen LogP contribution >= 0.6 is 15.9 Å². The number of halogens is 1. The SMILES string of the molecule is C=C(Br)CNCc1cc(C(=O)OC)c(C)o1. The molecule has 1 aromatic rings. The Morgan fingerprint density at radius 3 is 2.94 bits per heavy atom. The van der Waals surface area contributed by atoms with Crippen LogP contribution in [0.5, 0.6) is 0 Å². The Labute approximate surface area is 103 Å². The van der Waals surface area contributed by atoms with E-state index in [0.717, 1.165) is 4.48 Å². The Morgan fingerprint density at radius 2 is 2.38 bits per heavy atom. The Hall–Kier alpha value is -1.07. The molecule has 0 atom stereocenters. The van der Waals surface area contributed by atoms with Gasteiger partial charge in [-0.05, 0) is 13.0 Å². The highest BCUT2D eigenvalue weighted by atomic mass is 79.9. The van der Waals surface area contributed by atoms with Crippen LogP contribution in [0.15, 0.2) is 21.5 Å². The smallest absolute Gasteiger partial charge is 0.341 e. The second-order valence-corrected chi connectivity index (χ2v) is 4.42. The van der Waals surface area contributed by atoms with Gasteiger partial charge in [0.1, 0.15) is 17.1 Å². The van der Waals surface area contributed by atoms with E-state index in [4.69, 9.17) is 4.42 Å². The summed E-state index contributed by atoms with van der Waals surface area (Å²) in [5.74, 6) is 0.894. The van der Waals surface area contributed by atoms with Gasteiger partial charge in [-0.25, -0.2) is 4.79 Å². The van der Waals surface area contributed by atoms with Crippen LogP contribution in [-0.2, 0) is 11.3 Å². The van der Waals surface area contributed by atoms with Gasteiger partial charge < -0.3 is 14.5 Å². The number of carbonyl (C=O) groups is 1. The minimum absolute atomic E-state index is 0.377. The molecule has 0 fully saturated rings. The van der Waals surface area contributed by atoms with Crippen molar-refractivity contribution < 1.29 is 13.9 Å². The molecule has 1 rings (SSSR count). The zero-order valence-corrected chi connectivity index (χ0v) is 10.9. The molecule has 0 aromatic carbocycles. The van der Waals surface area contributed by atoms with Crippen LogP contribution in [0.1, 0.15) is 21.9 Å². The summed E-state index contributed by atoms with van der Waals surface area (Å²) in [4.78, 5) is 11.3.